The van der Waals surface area contributed by atoms with Gasteiger partial charge in [-0.2, -0.15) is 5.26 Å². The Morgan fingerprint density at radius 1 is 1.62 bits per heavy atom. The molecule has 1 heterocycles. The van der Waals surface area contributed by atoms with Crippen molar-refractivity contribution >= 4 is 5.97 Å². The van der Waals surface area contributed by atoms with Crippen LogP contribution in [0.15, 0.2) is 18.5 Å². The van der Waals surface area contributed by atoms with E-state index in [-0.39, 0.29) is 5.82 Å². The van der Waals surface area contributed by atoms with Crippen LogP contribution in [0.3, 0.4) is 0 Å². The molecule has 5 nitrogen and oxygen atoms in total. The van der Waals surface area contributed by atoms with Crippen LogP contribution in [-0.2, 0) is 4.74 Å². The zero-order chi connectivity index (χ0) is 9.68. The molecule has 0 spiro atoms. The molecular formula is C8H7N3O2. The molecule has 5 heteroatoms. The summed E-state index contributed by atoms with van der Waals surface area (Å²) in [6, 6.07) is 3.35. The van der Waals surface area contributed by atoms with E-state index in [0.717, 1.165) is 0 Å². The zero-order valence-electron chi connectivity index (χ0n) is 6.97. The first-order chi connectivity index (χ1) is 6.24. The monoisotopic (exact) mass is 177 g/mol. The molecule has 1 unspecified atom stereocenters. The lowest BCUT2D eigenvalue weighted by molar-refractivity contribution is 0.0421. The molecule has 66 valence electrons. The van der Waals surface area contributed by atoms with Gasteiger partial charge in [-0.25, -0.2) is 14.8 Å². The average Bonchev–Trinajstić information content (AvgIpc) is 2.19. The molecule has 1 aromatic rings. The van der Waals surface area contributed by atoms with Crippen LogP contribution >= 0.6 is 0 Å². The van der Waals surface area contributed by atoms with Crippen molar-refractivity contribution in [1.29, 1.82) is 5.26 Å². The Kier molecular flexibility index (Phi) is 2.92. The van der Waals surface area contributed by atoms with Crippen molar-refractivity contribution in [1.82, 2.24) is 9.97 Å². The molecule has 13 heavy (non-hydrogen) atoms. The number of nitrogens with zero attached hydrogens (tertiary/aromatic N) is 3. The second-order valence-corrected chi connectivity index (χ2v) is 2.25. The van der Waals surface area contributed by atoms with Gasteiger partial charge in [-0.15, -0.1) is 0 Å². The molecule has 0 saturated heterocycles. The molecule has 1 atom stereocenters. The Bertz CT molecular complexity index is 331. The molecule has 0 aliphatic rings. The third-order valence-corrected chi connectivity index (χ3v) is 1.21. The Morgan fingerprint density at radius 3 is 2.77 bits per heavy atom. The third-order valence-electron chi connectivity index (χ3n) is 1.21. The van der Waals surface area contributed by atoms with Crippen molar-refractivity contribution in [3.8, 4) is 6.07 Å². The van der Waals surface area contributed by atoms with E-state index in [1.807, 2.05) is 0 Å². The number of carbonyl (C=O) groups is 1. The fourth-order valence-electron chi connectivity index (χ4n) is 0.644. The highest BCUT2D eigenvalue weighted by molar-refractivity contribution is 5.85. The maximum atomic E-state index is 11.1. The lowest BCUT2D eigenvalue weighted by Gasteiger charge is -2.03. The molecule has 1 rings (SSSR count). The van der Waals surface area contributed by atoms with E-state index in [1.165, 1.54) is 19.3 Å². The number of carbonyl (C=O) groups excluding carboxylic acids is 1. The summed E-state index contributed by atoms with van der Waals surface area (Å²) in [4.78, 5) is 18.5. The van der Waals surface area contributed by atoms with Crippen molar-refractivity contribution in [2.75, 3.05) is 0 Å². The highest BCUT2D eigenvalue weighted by Crippen LogP contribution is 1.96. The van der Waals surface area contributed by atoms with Crippen LogP contribution in [0.25, 0.3) is 0 Å². The van der Waals surface area contributed by atoms with Gasteiger partial charge in [0.05, 0.1) is 0 Å². The van der Waals surface area contributed by atoms with E-state index in [9.17, 15) is 4.79 Å². The Balaban J connectivity index is 2.66. The quantitative estimate of drug-likeness (QED) is 0.616. The zero-order valence-corrected chi connectivity index (χ0v) is 6.97. The molecule has 0 N–H and O–H groups in total. The van der Waals surface area contributed by atoms with Crippen LogP contribution in [0, 0.1) is 11.3 Å². The number of rotatable bonds is 2. The van der Waals surface area contributed by atoms with Crippen molar-refractivity contribution in [3.05, 3.63) is 24.3 Å². The van der Waals surface area contributed by atoms with Gasteiger partial charge < -0.3 is 4.74 Å². The summed E-state index contributed by atoms with van der Waals surface area (Å²) < 4.78 is 4.66. The van der Waals surface area contributed by atoms with Gasteiger partial charge in [0.1, 0.15) is 6.07 Å². The number of ether oxygens (including phenoxy) is 1. The Morgan fingerprint density at radius 2 is 2.23 bits per heavy atom. The highest BCUT2D eigenvalue weighted by Gasteiger charge is 2.12. The number of hydrogen-bond donors (Lipinski definition) is 0. The summed E-state index contributed by atoms with van der Waals surface area (Å²) in [7, 11) is 0. The van der Waals surface area contributed by atoms with Crippen LogP contribution in [0.1, 0.15) is 17.5 Å². The normalized spacial score (nSPS) is 11.4. The fourth-order valence-corrected chi connectivity index (χ4v) is 0.644. The maximum absolute atomic E-state index is 11.1. The second-order valence-electron chi connectivity index (χ2n) is 2.25. The van der Waals surface area contributed by atoms with Gasteiger partial charge >= 0.3 is 5.97 Å². The first-order valence-electron chi connectivity index (χ1n) is 3.61. The smallest absolute Gasteiger partial charge is 0.377 e. The first kappa shape index (κ1) is 9.13. The van der Waals surface area contributed by atoms with E-state index in [0.29, 0.717) is 0 Å². The summed E-state index contributed by atoms with van der Waals surface area (Å²) >= 11 is 0. The van der Waals surface area contributed by atoms with E-state index < -0.39 is 12.1 Å². The van der Waals surface area contributed by atoms with Crippen molar-refractivity contribution in [2.45, 2.75) is 13.0 Å². The van der Waals surface area contributed by atoms with Crippen molar-refractivity contribution in [3.63, 3.8) is 0 Å². The second kappa shape index (κ2) is 4.16. The minimum absolute atomic E-state index is 0.0374. The molecule has 1 aromatic heterocycles. The SMILES string of the molecule is CC(C#N)OC(=O)c1ncccn1. The third kappa shape index (κ3) is 2.52. The van der Waals surface area contributed by atoms with Gasteiger partial charge in [-0.05, 0) is 13.0 Å². The van der Waals surface area contributed by atoms with Gasteiger partial charge in [-0.3, -0.25) is 0 Å². The molecule has 0 radical (unpaired) electrons. The Labute approximate surface area is 75.0 Å². The average molecular weight is 177 g/mol. The van der Waals surface area contributed by atoms with Gasteiger partial charge in [0.15, 0.2) is 6.10 Å². The summed E-state index contributed by atoms with van der Waals surface area (Å²) in [5.41, 5.74) is 0. The van der Waals surface area contributed by atoms with E-state index in [2.05, 4.69) is 14.7 Å². The molecule has 0 fully saturated rings. The minimum atomic E-state index is -0.781. The predicted octanol–water partition coefficient (Wildman–Crippen LogP) is 0.545. The van der Waals surface area contributed by atoms with Crippen LogP contribution < -0.4 is 0 Å². The molecule has 0 bridgehead atoms. The number of esters is 1. The van der Waals surface area contributed by atoms with Crippen LogP contribution in [0.4, 0.5) is 0 Å². The summed E-state index contributed by atoms with van der Waals surface area (Å²) in [6.45, 7) is 1.47. The fraction of sp³-hybridized carbons (Fsp3) is 0.250. The molecular weight excluding hydrogens is 170 g/mol. The predicted molar refractivity (Wildman–Crippen MR) is 42.5 cm³/mol. The lowest BCUT2D eigenvalue weighted by atomic mass is 10.4. The van der Waals surface area contributed by atoms with E-state index in [1.54, 1.807) is 12.1 Å². The van der Waals surface area contributed by atoms with Crippen LogP contribution in [0.2, 0.25) is 0 Å². The molecule has 0 aliphatic carbocycles. The van der Waals surface area contributed by atoms with Crippen molar-refractivity contribution < 1.29 is 9.53 Å². The van der Waals surface area contributed by atoms with E-state index in [4.69, 9.17) is 5.26 Å². The van der Waals surface area contributed by atoms with Crippen LogP contribution in [0.5, 0.6) is 0 Å². The molecule has 0 amide bonds. The maximum Gasteiger partial charge on any atom is 0.377 e. The molecule has 0 aromatic carbocycles. The number of nitriles is 1. The molecule has 0 aliphatic heterocycles. The standard InChI is InChI=1S/C8H7N3O2/c1-6(5-9)13-8(12)7-10-3-2-4-11-7/h2-4,6H,1H3. The lowest BCUT2D eigenvalue weighted by Crippen LogP contribution is -2.15. The summed E-state index contributed by atoms with van der Waals surface area (Å²) in [5, 5.41) is 8.36. The van der Waals surface area contributed by atoms with E-state index >= 15 is 0 Å². The number of hydrogen-bond acceptors (Lipinski definition) is 5. The van der Waals surface area contributed by atoms with Crippen LogP contribution in [-0.4, -0.2) is 22.0 Å². The minimum Gasteiger partial charge on any atom is -0.441 e. The summed E-state index contributed by atoms with van der Waals surface area (Å²) in [6.07, 6.45) is 2.08. The topological polar surface area (TPSA) is 75.9 Å². The molecule has 0 saturated carbocycles. The van der Waals surface area contributed by atoms with Gasteiger partial charge in [-0.1, -0.05) is 0 Å². The number of aromatic nitrogens is 2. The first-order valence-corrected chi connectivity index (χ1v) is 3.61. The Hall–Kier alpha value is -1.96. The van der Waals surface area contributed by atoms with Gasteiger partial charge in [0.25, 0.3) is 0 Å². The largest absolute Gasteiger partial charge is 0.441 e. The van der Waals surface area contributed by atoms with Gasteiger partial charge in [0, 0.05) is 12.4 Å². The van der Waals surface area contributed by atoms with Gasteiger partial charge in [0.2, 0.25) is 5.82 Å². The summed E-state index contributed by atoms with van der Waals surface area (Å²) in [5.74, 6) is -0.723. The van der Waals surface area contributed by atoms with Crippen molar-refractivity contribution in [2.24, 2.45) is 0 Å². The highest BCUT2D eigenvalue weighted by atomic mass is 16.5.